The minimum atomic E-state index is 0.382. The van der Waals surface area contributed by atoms with E-state index in [9.17, 15) is 4.79 Å². The van der Waals surface area contributed by atoms with Gasteiger partial charge in [0.15, 0.2) is 0 Å². The highest BCUT2D eigenvalue weighted by atomic mass is 16.2. The third-order valence-electron chi connectivity index (χ3n) is 5.85. The third-order valence-corrected chi connectivity index (χ3v) is 5.85. The van der Waals surface area contributed by atoms with Crippen LogP contribution in [0.15, 0.2) is 0 Å². The van der Waals surface area contributed by atoms with Crippen molar-refractivity contribution in [1.82, 2.24) is 9.80 Å². The summed E-state index contributed by atoms with van der Waals surface area (Å²) in [6.07, 6.45) is 21.4. The largest absolute Gasteiger partial charge is 0.340 e. The highest BCUT2D eigenvalue weighted by molar-refractivity contribution is 5.76. The number of amides is 1. The molecule has 0 bridgehead atoms. The maximum absolute atomic E-state index is 12.1. The molecule has 0 unspecified atom stereocenters. The lowest BCUT2D eigenvalue weighted by molar-refractivity contribution is -0.132. The van der Waals surface area contributed by atoms with Crippen molar-refractivity contribution in [3.63, 3.8) is 0 Å². The molecule has 0 aromatic carbocycles. The molecule has 0 radical (unpaired) electrons. The summed E-state index contributed by atoms with van der Waals surface area (Å²) in [6.45, 7) is 6.20. The predicted molar refractivity (Wildman–Crippen MR) is 114 cm³/mol. The standard InChI is InChI=1S/C23H46N2O/c1-3-4-5-6-7-8-9-10-11-12-13-14-15-16-17-18-23(26)25-21-19-24(2)20-22-25/h3-22H2,1-2H3. The van der Waals surface area contributed by atoms with Crippen LogP contribution in [0.5, 0.6) is 0 Å². The molecule has 1 fully saturated rings. The zero-order valence-corrected chi connectivity index (χ0v) is 17.9. The van der Waals surface area contributed by atoms with Crippen molar-refractivity contribution in [3.05, 3.63) is 0 Å². The van der Waals surface area contributed by atoms with Crippen LogP contribution in [0.3, 0.4) is 0 Å². The second-order valence-electron chi connectivity index (χ2n) is 8.38. The molecule has 3 nitrogen and oxygen atoms in total. The molecule has 1 aliphatic heterocycles. The Hall–Kier alpha value is -0.570. The van der Waals surface area contributed by atoms with Crippen LogP contribution >= 0.6 is 0 Å². The molecule has 0 aliphatic carbocycles. The fourth-order valence-corrected chi connectivity index (χ4v) is 3.86. The number of carbonyl (C=O) groups excluding carboxylic acids is 1. The van der Waals surface area contributed by atoms with Crippen molar-refractivity contribution >= 4 is 5.91 Å². The average Bonchev–Trinajstić information content (AvgIpc) is 2.65. The van der Waals surface area contributed by atoms with Crippen LogP contribution in [-0.2, 0) is 4.79 Å². The van der Waals surface area contributed by atoms with Crippen LogP contribution in [0.4, 0.5) is 0 Å². The van der Waals surface area contributed by atoms with Crippen LogP contribution in [0, 0.1) is 0 Å². The lowest BCUT2D eigenvalue weighted by Crippen LogP contribution is -2.47. The number of likely N-dealkylation sites (N-methyl/N-ethyl adjacent to an activating group) is 1. The van der Waals surface area contributed by atoms with Crippen molar-refractivity contribution in [2.24, 2.45) is 0 Å². The Morgan fingerprint density at radius 1 is 0.615 bits per heavy atom. The molecule has 1 aliphatic rings. The van der Waals surface area contributed by atoms with E-state index in [1.165, 1.54) is 89.9 Å². The van der Waals surface area contributed by atoms with E-state index in [4.69, 9.17) is 0 Å². The molecule has 1 saturated heterocycles. The minimum absolute atomic E-state index is 0.382. The summed E-state index contributed by atoms with van der Waals surface area (Å²) in [5, 5.41) is 0. The second-order valence-corrected chi connectivity index (χ2v) is 8.38. The molecule has 3 heteroatoms. The molecule has 0 N–H and O–H groups in total. The number of nitrogens with zero attached hydrogens (tertiary/aromatic N) is 2. The van der Waals surface area contributed by atoms with Crippen LogP contribution in [0.2, 0.25) is 0 Å². The third kappa shape index (κ3) is 12.7. The molecule has 0 aromatic heterocycles. The summed E-state index contributed by atoms with van der Waals surface area (Å²) < 4.78 is 0. The van der Waals surface area contributed by atoms with E-state index < -0.39 is 0 Å². The molecular weight excluding hydrogens is 320 g/mol. The van der Waals surface area contributed by atoms with Crippen molar-refractivity contribution in [2.75, 3.05) is 33.2 Å². The van der Waals surface area contributed by atoms with Gasteiger partial charge in [0.1, 0.15) is 0 Å². The molecule has 0 saturated carbocycles. The number of hydrogen-bond donors (Lipinski definition) is 0. The Morgan fingerprint density at radius 3 is 1.42 bits per heavy atom. The first-order valence-electron chi connectivity index (χ1n) is 11.7. The van der Waals surface area contributed by atoms with Crippen LogP contribution < -0.4 is 0 Å². The lowest BCUT2D eigenvalue weighted by atomic mass is 10.0. The number of hydrogen-bond acceptors (Lipinski definition) is 2. The summed E-state index contributed by atoms with van der Waals surface area (Å²) in [7, 11) is 2.14. The van der Waals surface area contributed by atoms with Crippen LogP contribution in [-0.4, -0.2) is 48.9 Å². The van der Waals surface area contributed by atoms with Crippen LogP contribution in [0.1, 0.15) is 110 Å². The molecule has 154 valence electrons. The van der Waals surface area contributed by atoms with E-state index in [1.807, 2.05) is 0 Å². The quantitative estimate of drug-likeness (QED) is 0.312. The number of rotatable bonds is 16. The first-order chi connectivity index (χ1) is 12.7. The molecule has 1 rings (SSSR count). The van der Waals surface area contributed by atoms with Gasteiger partial charge in [-0.1, -0.05) is 96.8 Å². The van der Waals surface area contributed by atoms with Gasteiger partial charge in [0.25, 0.3) is 0 Å². The van der Waals surface area contributed by atoms with Gasteiger partial charge in [-0.25, -0.2) is 0 Å². The summed E-state index contributed by atoms with van der Waals surface area (Å²) in [6, 6.07) is 0. The van der Waals surface area contributed by atoms with Gasteiger partial charge < -0.3 is 9.80 Å². The van der Waals surface area contributed by atoms with E-state index in [1.54, 1.807) is 0 Å². The fraction of sp³-hybridized carbons (Fsp3) is 0.957. The SMILES string of the molecule is CCCCCCCCCCCCCCCCCC(=O)N1CCN(C)CC1. The van der Waals surface area contributed by atoms with Gasteiger partial charge in [-0.05, 0) is 13.5 Å². The Bertz CT molecular complexity index is 324. The first kappa shape index (κ1) is 23.5. The lowest BCUT2D eigenvalue weighted by Gasteiger charge is -2.32. The maximum atomic E-state index is 12.1. The molecule has 0 atom stereocenters. The second kappa shape index (κ2) is 16.6. The van der Waals surface area contributed by atoms with Crippen molar-refractivity contribution < 1.29 is 4.79 Å². The van der Waals surface area contributed by atoms with Gasteiger partial charge in [0.05, 0.1) is 0 Å². The summed E-state index contributed by atoms with van der Waals surface area (Å²) in [5.41, 5.74) is 0. The monoisotopic (exact) mass is 366 g/mol. The number of carbonyl (C=O) groups is 1. The van der Waals surface area contributed by atoms with Crippen molar-refractivity contribution in [1.29, 1.82) is 0 Å². The van der Waals surface area contributed by atoms with Gasteiger partial charge in [-0.2, -0.15) is 0 Å². The zero-order chi connectivity index (χ0) is 18.9. The first-order valence-corrected chi connectivity index (χ1v) is 11.7. The van der Waals surface area contributed by atoms with E-state index in [0.717, 1.165) is 39.0 Å². The molecule has 1 amide bonds. The molecule has 0 aromatic rings. The zero-order valence-electron chi connectivity index (χ0n) is 17.9. The number of unbranched alkanes of at least 4 members (excludes halogenated alkanes) is 14. The topological polar surface area (TPSA) is 23.6 Å². The van der Waals surface area contributed by atoms with E-state index >= 15 is 0 Å². The predicted octanol–water partition coefficient (Wildman–Crippen LogP) is 6.02. The van der Waals surface area contributed by atoms with Gasteiger partial charge >= 0.3 is 0 Å². The maximum Gasteiger partial charge on any atom is 0.222 e. The normalized spacial score (nSPS) is 15.5. The Morgan fingerprint density at radius 2 is 1.00 bits per heavy atom. The summed E-state index contributed by atoms with van der Waals surface area (Å²) >= 11 is 0. The van der Waals surface area contributed by atoms with E-state index in [0.29, 0.717) is 5.91 Å². The Kier molecular flexibility index (Phi) is 15.0. The Labute approximate surface area is 163 Å². The summed E-state index contributed by atoms with van der Waals surface area (Å²) in [4.78, 5) is 16.5. The smallest absolute Gasteiger partial charge is 0.222 e. The fourth-order valence-electron chi connectivity index (χ4n) is 3.86. The average molecular weight is 367 g/mol. The summed E-state index contributed by atoms with van der Waals surface area (Å²) in [5.74, 6) is 0.382. The minimum Gasteiger partial charge on any atom is -0.340 e. The van der Waals surface area contributed by atoms with Crippen molar-refractivity contribution in [3.8, 4) is 0 Å². The molecule has 0 spiro atoms. The highest BCUT2D eigenvalue weighted by Gasteiger charge is 2.18. The van der Waals surface area contributed by atoms with E-state index in [2.05, 4.69) is 23.8 Å². The van der Waals surface area contributed by atoms with Crippen molar-refractivity contribution in [2.45, 2.75) is 110 Å². The molecule has 26 heavy (non-hydrogen) atoms. The highest BCUT2D eigenvalue weighted by Crippen LogP contribution is 2.14. The molecule has 1 heterocycles. The number of piperazine rings is 1. The van der Waals surface area contributed by atoms with Crippen LogP contribution in [0.25, 0.3) is 0 Å². The molecular formula is C23H46N2O. The van der Waals surface area contributed by atoms with E-state index in [-0.39, 0.29) is 0 Å². The van der Waals surface area contributed by atoms with Gasteiger partial charge in [0.2, 0.25) is 5.91 Å². The van der Waals surface area contributed by atoms with Gasteiger partial charge in [-0.15, -0.1) is 0 Å². The van der Waals surface area contributed by atoms with Gasteiger partial charge in [0, 0.05) is 32.6 Å². The van der Waals surface area contributed by atoms with Gasteiger partial charge in [-0.3, -0.25) is 4.79 Å². The Balaban J connectivity index is 1.76.